The second-order valence-corrected chi connectivity index (χ2v) is 7.77. The van der Waals surface area contributed by atoms with E-state index in [1.54, 1.807) is 12.1 Å². The highest BCUT2D eigenvalue weighted by molar-refractivity contribution is 7.99. The number of halogens is 1. The highest BCUT2D eigenvalue weighted by atomic mass is 32.2. The van der Waals surface area contributed by atoms with Crippen molar-refractivity contribution in [2.24, 2.45) is 0 Å². The zero-order valence-corrected chi connectivity index (χ0v) is 14.1. The van der Waals surface area contributed by atoms with Crippen molar-refractivity contribution >= 4 is 27.5 Å². The van der Waals surface area contributed by atoms with E-state index in [1.165, 1.54) is 23.9 Å². The Labute approximate surface area is 144 Å². The Morgan fingerprint density at radius 1 is 0.792 bits per heavy atom. The number of nitrogens with one attached hydrogen (secondary N) is 1. The molecular weight excluding hydrogens is 345 g/mol. The van der Waals surface area contributed by atoms with E-state index in [0.29, 0.717) is 5.69 Å². The molecule has 0 heterocycles. The van der Waals surface area contributed by atoms with Crippen LogP contribution < -0.4 is 4.72 Å². The molecule has 0 unspecified atom stereocenters. The van der Waals surface area contributed by atoms with Crippen LogP contribution in [0.2, 0.25) is 0 Å². The molecule has 122 valence electrons. The summed E-state index contributed by atoms with van der Waals surface area (Å²) in [6.45, 7) is 0. The van der Waals surface area contributed by atoms with E-state index in [1.807, 2.05) is 42.5 Å². The Balaban J connectivity index is 1.89. The molecule has 0 atom stereocenters. The third kappa shape index (κ3) is 3.96. The number of hydrogen-bond donors (Lipinski definition) is 1. The van der Waals surface area contributed by atoms with Gasteiger partial charge >= 0.3 is 0 Å². The van der Waals surface area contributed by atoms with Crippen LogP contribution in [0.5, 0.6) is 0 Å². The molecule has 0 aliphatic carbocycles. The van der Waals surface area contributed by atoms with E-state index in [2.05, 4.69) is 4.72 Å². The van der Waals surface area contributed by atoms with Gasteiger partial charge in [-0.1, -0.05) is 42.1 Å². The van der Waals surface area contributed by atoms with Crippen molar-refractivity contribution in [1.29, 1.82) is 0 Å². The summed E-state index contributed by atoms with van der Waals surface area (Å²) in [5, 5.41) is 0. The van der Waals surface area contributed by atoms with E-state index in [9.17, 15) is 12.8 Å². The molecule has 0 radical (unpaired) electrons. The molecule has 6 heteroatoms. The second-order valence-electron chi connectivity index (χ2n) is 4.97. The maximum atomic E-state index is 13.0. The van der Waals surface area contributed by atoms with Crippen LogP contribution in [-0.2, 0) is 10.0 Å². The summed E-state index contributed by atoms with van der Waals surface area (Å²) in [4.78, 5) is 1.81. The number of benzene rings is 3. The SMILES string of the molecule is O=S(=O)(Nc1ccccc1Sc1ccccc1)c1ccc(F)cc1. The number of rotatable bonds is 5. The minimum Gasteiger partial charge on any atom is -0.278 e. The predicted octanol–water partition coefficient (Wildman–Crippen LogP) is 4.78. The summed E-state index contributed by atoms with van der Waals surface area (Å²) in [5.74, 6) is -0.478. The molecular formula is C18H14FNO2S2. The number of sulfonamides is 1. The lowest BCUT2D eigenvalue weighted by Crippen LogP contribution is -2.13. The fourth-order valence-electron chi connectivity index (χ4n) is 2.07. The lowest BCUT2D eigenvalue weighted by atomic mass is 10.3. The summed E-state index contributed by atoms with van der Waals surface area (Å²) >= 11 is 1.47. The third-order valence-electron chi connectivity index (χ3n) is 3.23. The Morgan fingerprint density at radius 2 is 1.42 bits per heavy atom. The lowest BCUT2D eigenvalue weighted by molar-refractivity contribution is 0.599. The molecule has 0 saturated carbocycles. The van der Waals surface area contributed by atoms with Crippen molar-refractivity contribution in [2.75, 3.05) is 4.72 Å². The molecule has 0 aliphatic rings. The van der Waals surface area contributed by atoms with E-state index >= 15 is 0 Å². The van der Waals surface area contributed by atoms with Crippen LogP contribution in [-0.4, -0.2) is 8.42 Å². The summed E-state index contributed by atoms with van der Waals surface area (Å²) < 4.78 is 40.5. The van der Waals surface area contributed by atoms with E-state index in [4.69, 9.17) is 0 Å². The Kier molecular flexibility index (Phi) is 4.87. The fourth-order valence-corrected chi connectivity index (χ4v) is 4.14. The van der Waals surface area contributed by atoms with Gasteiger partial charge in [0, 0.05) is 9.79 Å². The summed E-state index contributed by atoms with van der Waals surface area (Å²) in [6, 6.07) is 21.6. The molecule has 0 bridgehead atoms. The minimum atomic E-state index is -3.77. The molecule has 0 aliphatic heterocycles. The van der Waals surface area contributed by atoms with Gasteiger partial charge in [0.15, 0.2) is 0 Å². The minimum absolute atomic E-state index is 0.0171. The zero-order valence-electron chi connectivity index (χ0n) is 12.5. The smallest absolute Gasteiger partial charge is 0.261 e. The van der Waals surface area contributed by atoms with Crippen molar-refractivity contribution in [3.63, 3.8) is 0 Å². The normalized spacial score (nSPS) is 11.2. The molecule has 0 fully saturated rings. The van der Waals surface area contributed by atoms with Crippen LogP contribution in [0.1, 0.15) is 0 Å². The van der Waals surface area contributed by atoms with Gasteiger partial charge in [-0.3, -0.25) is 4.72 Å². The van der Waals surface area contributed by atoms with Gasteiger partial charge in [-0.2, -0.15) is 0 Å². The first-order valence-corrected chi connectivity index (χ1v) is 9.45. The topological polar surface area (TPSA) is 46.2 Å². The third-order valence-corrected chi connectivity index (χ3v) is 5.69. The van der Waals surface area contributed by atoms with E-state index in [0.717, 1.165) is 21.9 Å². The monoisotopic (exact) mass is 359 g/mol. The first-order valence-electron chi connectivity index (χ1n) is 7.15. The summed E-state index contributed by atoms with van der Waals surface area (Å²) in [5.41, 5.74) is 0.482. The van der Waals surface area contributed by atoms with Gasteiger partial charge in [0.25, 0.3) is 10.0 Å². The van der Waals surface area contributed by atoms with Crippen LogP contribution in [0, 0.1) is 5.82 Å². The van der Waals surface area contributed by atoms with Crippen LogP contribution in [0.4, 0.5) is 10.1 Å². The maximum Gasteiger partial charge on any atom is 0.261 e. The van der Waals surface area contributed by atoms with Gasteiger partial charge in [0.05, 0.1) is 10.6 Å². The molecule has 3 aromatic rings. The van der Waals surface area contributed by atoms with Crippen molar-refractivity contribution in [3.05, 3.63) is 84.7 Å². The van der Waals surface area contributed by atoms with Gasteiger partial charge in [-0.15, -0.1) is 0 Å². The number of para-hydroxylation sites is 1. The first kappa shape index (κ1) is 16.5. The Hall–Kier alpha value is -2.31. The van der Waals surface area contributed by atoms with Gasteiger partial charge in [-0.25, -0.2) is 12.8 Å². The Bertz CT molecular complexity index is 927. The van der Waals surface area contributed by atoms with Gasteiger partial charge in [0.2, 0.25) is 0 Å². The number of anilines is 1. The quantitative estimate of drug-likeness (QED) is 0.713. The van der Waals surface area contributed by atoms with E-state index in [-0.39, 0.29) is 4.90 Å². The molecule has 0 spiro atoms. The summed E-state index contributed by atoms with van der Waals surface area (Å²) in [6.07, 6.45) is 0. The molecule has 0 amide bonds. The van der Waals surface area contributed by atoms with Gasteiger partial charge in [-0.05, 0) is 48.5 Å². The molecule has 0 saturated heterocycles. The van der Waals surface area contributed by atoms with Crippen molar-refractivity contribution < 1.29 is 12.8 Å². The molecule has 0 aromatic heterocycles. The van der Waals surface area contributed by atoms with Crippen LogP contribution in [0.25, 0.3) is 0 Å². The van der Waals surface area contributed by atoms with Crippen LogP contribution in [0.3, 0.4) is 0 Å². The first-order chi connectivity index (χ1) is 11.5. The molecule has 3 nitrogen and oxygen atoms in total. The average Bonchev–Trinajstić information content (AvgIpc) is 2.58. The predicted molar refractivity (Wildman–Crippen MR) is 94.2 cm³/mol. The molecule has 1 N–H and O–H groups in total. The van der Waals surface area contributed by atoms with Crippen molar-refractivity contribution in [3.8, 4) is 0 Å². The zero-order chi connectivity index (χ0) is 17.0. The van der Waals surface area contributed by atoms with Crippen molar-refractivity contribution in [1.82, 2.24) is 0 Å². The largest absolute Gasteiger partial charge is 0.278 e. The maximum absolute atomic E-state index is 13.0. The average molecular weight is 359 g/mol. The summed E-state index contributed by atoms with van der Waals surface area (Å²) in [7, 11) is -3.77. The van der Waals surface area contributed by atoms with Gasteiger partial charge < -0.3 is 0 Å². The van der Waals surface area contributed by atoms with E-state index < -0.39 is 15.8 Å². The molecule has 3 rings (SSSR count). The fraction of sp³-hybridized carbons (Fsp3) is 0. The second kappa shape index (κ2) is 7.07. The molecule has 3 aromatic carbocycles. The van der Waals surface area contributed by atoms with Crippen LogP contribution in [0.15, 0.2) is 93.5 Å². The molecule has 24 heavy (non-hydrogen) atoms. The highest BCUT2D eigenvalue weighted by Gasteiger charge is 2.16. The highest BCUT2D eigenvalue weighted by Crippen LogP contribution is 2.34. The lowest BCUT2D eigenvalue weighted by Gasteiger charge is -2.12. The van der Waals surface area contributed by atoms with Crippen molar-refractivity contribution in [2.45, 2.75) is 14.7 Å². The number of hydrogen-bond acceptors (Lipinski definition) is 3. The van der Waals surface area contributed by atoms with Crippen LogP contribution >= 0.6 is 11.8 Å². The van der Waals surface area contributed by atoms with Gasteiger partial charge in [0.1, 0.15) is 5.82 Å². The Morgan fingerprint density at radius 3 is 2.12 bits per heavy atom. The standard InChI is InChI=1S/C18H14FNO2S2/c19-14-10-12-16(13-11-14)24(21,22)20-17-8-4-5-9-18(17)23-15-6-2-1-3-7-15/h1-13,20H.